The average Bonchev–Trinajstić information content (AvgIpc) is 3.08. The predicted octanol–water partition coefficient (Wildman–Crippen LogP) is 5.40. The summed E-state index contributed by atoms with van der Waals surface area (Å²) in [6.45, 7) is 2.60. The molecule has 0 saturated carbocycles. The van der Waals surface area contributed by atoms with Crippen LogP contribution in [0.2, 0.25) is 5.02 Å². The number of anilines is 2. The Kier molecular flexibility index (Phi) is 6.43. The molecule has 0 spiro atoms. The van der Waals surface area contributed by atoms with Gasteiger partial charge >= 0.3 is 0 Å². The first-order valence-electron chi connectivity index (χ1n) is 10.4. The van der Waals surface area contributed by atoms with E-state index in [-0.39, 0.29) is 11.3 Å². The Morgan fingerprint density at radius 1 is 1.00 bits per heavy atom. The first-order valence-corrected chi connectivity index (χ1v) is 10.8. The Bertz CT molecular complexity index is 1280. The van der Waals surface area contributed by atoms with E-state index in [1.165, 1.54) is 0 Å². The number of rotatable bonds is 7. The molecule has 3 aromatic carbocycles. The van der Waals surface area contributed by atoms with Crippen LogP contribution in [0.15, 0.2) is 78.5 Å². The molecule has 1 aliphatic heterocycles. The molecule has 4 rings (SSSR count). The molecule has 7 heteroatoms. The number of nitrogens with zero attached hydrogens (tertiary/aromatic N) is 2. The molecule has 3 aromatic rings. The first-order chi connectivity index (χ1) is 16.0. The summed E-state index contributed by atoms with van der Waals surface area (Å²) in [5.74, 6) is -0.293. The number of nitrogens with one attached hydrogen (secondary N) is 1. The Labute approximate surface area is 196 Å². The van der Waals surface area contributed by atoms with Crippen LogP contribution in [0.25, 0.3) is 5.57 Å². The molecule has 1 aliphatic rings. The molecule has 1 N–H and O–H groups in total. The van der Waals surface area contributed by atoms with E-state index in [4.69, 9.17) is 21.6 Å². The number of hydrogen-bond acceptors (Lipinski definition) is 5. The lowest BCUT2D eigenvalue weighted by Crippen LogP contribution is -2.32. The molecule has 6 nitrogen and oxygen atoms in total. The van der Waals surface area contributed by atoms with Crippen molar-refractivity contribution >= 4 is 40.4 Å². The molecule has 0 atom stereocenters. The molecule has 0 saturated heterocycles. The van der Waals surface area contributed by atoms with Gasteiger partial charge in [0.1, 0.15) is 11.4 Å². The van der Waals surface area contributed by atoms with Gasteiger partial charge in [0, 0.05) is 16.8 Å². The maximum atomic E-state index is 13.4. The van der Waals surface area contributed by atoms with Crippen LogP contribution >= 0.6 is 11.6 Å². The summed E-state index contributed by atoms with van der Waals surface area (Å²) in [4.78, 5) is 28.0. The minimum Gasteiger partial charge on any atom is -0.494 e. The van der Waals surface area contributed by atoms with Crippen LogP contribution in [0.5, 0.6) is 5.75 Å². The zero-order chi connectivity index (χ0) is 23.4. The smallest absolute Gasteiger partial charge is 0.282 e. The van der Waals surface area contributed by atoms with E-state index in [0.717, 1.165) is 11.3 Å². The monoisotopic (exact) mass is 457 g/mol. The second-order valence-electron chi connectivity index (χ2n) is 7.36. The molecule has 164 valence electrons. The third-order valence-electron chi connectivity index (χ3n) is 5.05. The molecular weight excluding hydrogens is 438 g/mol. The van der Waals surface area contributed by atoms with Gasteiger partial charge in [-0.15, -0.1) is 0 Å². The third-order valence-corrected chi connectivity index (χ3v) is 5.30. The van der Waals surface area contributed by atoms with Gasteiger partial charge in [0.15, 0.2) is 0 Å². The average molecular weight is 458 g/mol. The second kappa shape index (κ2) is 9.60. The minimum atomic E-state index is -0.491. The molecule has 2 amide bonds. The topological polar surface area (TPSA) is 82.4 Å². The molecule has 1 heterocycles. The van der Waals surface area contributed by atoms with E-state index >= 15 is 0 Å². The van der Waals surface area contributed by atoms with E-state index in [9.17, 15) is 9.59 Å². The first kappa shape index (κ1) is 22.1. The lowest BCUT2D eigenvalue weighted by atomic mass is 10.0. The summed E-state index contributed by atoms with van der Waals surface area (Å²) in [7, 11) is 0. The molecule has 0 radical (unpaired) electrons. The minimum absolute atomic E-state index is 0.152. The Morgan fingerprint density at radius 3 is 2.39 bits per heavy atom. The Morgan fingerprint density at radius 2 is 1.73 bits per heavy atom. The fraction of sp³-hybridized carbons (Fsp3) is 0.115. The fourth-order valence-electron chi connectivity index (χ4n) is 3.48. The number of carbonyl (C=O) groups excluding carboxylic acids is 2. The van der Waals surface area contributed by atoms with Crippen LogP contribution in [0.4, 0.5) is 11.4 Å². The fourth-order valence-corrected chi connectivity index (χ4v) is 3.60. The predicted molar refractivity (Wildman–Crippen MR) is 128 cm³/mol. The van der Waals surface area contributed by atoms with Crippen molar-refractivity contribution in [3.63, 3.8) is 0 Å². The number of ether oxygens (including phenoxy) is 1. The molecule has 0 aliphatic carbocycles. The van der Waals surface area contributed by atoms with Crippen molar-refractivity contribution in [2.75, 3.05) is 16.8 Å². The highest BCUT2D eigenvalue weighted by atomic mass is 35.5. The molecule has 0 unspecified atom stereocenters. The highest BCUT2D eigenvalue weighted by Crippen LogP contribution is 2.34. The van der Waals surface area contributed by atoms with Crippen LogP contribution in [0, 0.1) is 11.3 Å². The molecule has 0 bridgehead atoms. The molecular formula is C26H20ClN3O3. The van der Waals surface area contributed by atoms with Crippen LogP contribution < -0.4 is 15.0 Å². The van der Waals surface area contributed by atoms with Crippen molar-refractivity contribution in [3.8, 4) is 11.8 Å². The van der Waals surface area contributed by atoms with Gasteiger partial charge in [-0.2, -0.15) is 5.26 Å². The summed E-state index contributed by atoms with van der Waals surface area (Å²) in [6, 6.07) is 22.3. The highest BCUT2D eigenvalue weighted by molar-refractivity contribution is 6.46. The van der Waals surface area contributed by atoms with Gasteiger partial charge in [0.25, 0.3) is 11.8 Å². The summed E-state index contributed by atoms with van der Waals surface area (Å²) in [6.07, 6.45) is 0.871. The van der Waals surface area contributed by atoms with E-state index in [1.807, 2.05) is 25.1 Å². The largest absolute Gasteiger partial charge is 0.494 e. The summed E-state index contributed by atoms with van der Waals surface area (Å²) in [5.41, 5.74) is 2.39. The van der Waals surface area contributed by atoms with Crippen molar-refractivity contribution in [2.45, 2.75) is 13.3 Å². The summed E-state index contributed by atoms with van der Waals surface area (Å²) < 4.78 is 5.69. The van der Waals surface area contributed by atoms with Gasteiger partial charge in [-0.25, -0.2) is 4.90 Å². The normalized spacial score (nSPS) is 13.3. The van der Waals surface area contributed by atoms with Crippen molar-refractivity contribution in [2.24, 2.45) is 0 Å². The maximum absolute atomic E-state index is 13.4. The summed E-state index contributed by atoms with van der Waals surface area (Å²) in [5, 5.41) is 12.7. The van der Waals surface area contributed by atoms with E-state index in [1.54, 1.807) is 60.7 Å². The van der Waals surface area contributed by atoms with Crippen molar-refractivity contribution in [1.29, 1.82) is 5.26 Å². The Hall–Kier alpha value is -4.08. The highest BCUT2D eigenvalue weighted by Gasteiger charge is 2.40. The van der Waals surface area contributed by atoms with Crippen LogP contribution in [0.3, 0.4) is 0 Å². The Balaban J connectivity index is 1.75. The van der Waals surface area contributed by atoms with Crippen LogP contribution in [-0.2, 0) is 9.59 Å². The van der Waals surface area contributed by atoms with Crippen molar-refractivity contribution < 1.29 is 14.3 Å². The van der Waals surface area contributed by atoms with Crippen molar-refractivity contribution in [3.05, 3.63) is 94.6 Å². The molecule has 0 fully saturated rings. The van der Waals surface area contributed by atoms with Crippen LogP contribution in [0.1, 0.15) is 24.5 Å². The lowest BCUT2D eigenvalue weighted by molar-refractivity contribution is -0.120. The van der Waals surface area contributed by atoms with Gasteiger partial charge in [-0.05, 0) is 60.5 Å². The van der Waals surface area contributed by atoms with Gasteiger partial charge in [-0.3, -0.25) is 9.59 Å². The number of halogens is 1. The summed E-state index contributed by atoms with van der Waals surface area (Å²) >= 11 is 6.03. The maximum Gasteiger partial charge on any atom is 0.282 e. The number of imide groups is 1. The lowest BCUT2D eigenvalue weighted by Gasteiger charge is -2.15. The second-order valence-corrected chi connectivity index (χ2v) is 7.80. The van der Waals surface area contributed by atoms with Crippen molar-refractivity contribution in [1.82, 2.24) is 0 Å². The SMILES string of the molecule is CCCOc1cccc(NC2=C(c3ccc(Cl)cc3)C(=O)N(c3ccc(C#N)cc3)C2=O)c1. The quantitative estimate of drug-likeness (QED) is 0.480. The number of hydrogen-bond donors (Lipinski definition) is 1. The number of amides is 2. The standard InChI is InChI=1S/C26H20ClN3O3/c1-2-14-33-22-5-3-4-20(15-22)29-24-23(18-8-10-19(27)11-9-18)25(31)30(26(24)32)21-12-6-17(16-28)7-13-21/h3-13,15,29H,2,14H2,1H3. The van der Waals surface area contributed by atoms with E-state index < -0.39 is 11.8 Å². The van der Waals surface area contributed by atoms with Gasteiger partial charge in [-0.1, -0.05) is 36.7 Å². The number of nitriles is 1. The zero-order valence-corrected chi connectivity index (χ0v) is 18.6. The van der Waals surface area contributed by atoms with E-state index in [2.05, 4.69) is 5.32 Å². The number of benzene rings is 3. The zero-order valence-electron chi connectivity index (χ0n) is 17.8. The third kappa shape index (κ3) is 4.59. The van der Waals surface area contributed by atoms with Gasteiger partial charge < -0.3 is 10.1 Å². The molecule has 33 heavy (non-hydrogen) atoms. The number of carbonyl (C=O) groups is 2. The van der Waals surface area contributed by atoms with Crippen LogP contribution in [-0.4, -0.2) is 18.4 Å². The van der Waals surface area contributed by atoms with Gasteiger partial charge in [0.2, 0.25) is 0 Å². The van der Waals surface area contributed by atoms with E-state index in [0.29, 0.717) is 39.9 Å². The van der Waals surface area contributed by atoms with Gasteiger partial charge in [0.05, 0.1) is 29.5 Å². The molecule has 0 aromatic heterocycles.